The molecule has 12 heteroatoms. The number of hydrogen-bond donors (Lipinski definition) is 3. The van der Waals surface area contributed by atoms with Gasteiger partial charge in [-0.05, 0) is 79.6 Å². The number of carbonyl (C=O) groups excluding carboxylic acids is 4. The molecule has 3 N–H and O–H groups in total. The third kappa shape index (κ3) is 16.2. The quantitative estimate of drug-likeness (QED) is 0.151. The van der Waals surface area contributed by atoms with Crippen LogP contribution >= 0.6 is 34.8 Å². The Morgan fingerprint density at radius 2 is 1.16 bits per heavy atom. The van der Waals surface area contributed by atoms with Gasteiger partial charge in [-0.1, -0.05) is 46.9 Å². The van der Waals surface area contributed by atoms with Crippen molar-refractivity contribution in [2.24, 2.45) is 0 Å². The van der Waals surface area contributed by atoms with Crippen LogP contribution in [0.3, 0.4) is 0 Å². The first-order valence-corrected chi connectivity index (χ1v) is 15.1. The molecular formula is C33H36Cl3NO8. The highest BCUT2D eigenvalue weighted by molar-refractivity contribution is 6.31. The van der Waals surface area contributed by atoms with Crippen LogP contribution in [-0.2, 0) is 19.1 Å². The van der Waals surface area contributed by atoms with E-state index >= 15 is 0 Å². The first-order valence-electron chi connectivity index (χ1n) is 13.9. The summed E-state index contributed by atoms with van der Waals surface area (Å²) in [6.45, 7) is 2.08. The molecular weight excluding hydrogens is 645 g/mol. The predicted octanol–water partition coefficient (Wildman–Crippen LogP) is 7.15. The van der Waals surface area contributed by atoms with E-state index in [0.29, 0.717) is 34.2 Å². The maximum atomic E-state index is 11.6. The molecule has 0 aliphatic carbocycles. The summed E-state index contributed by atoms with van der Waals surface area (Å²) in [5.41, 5.74) is 2.19. The Morgan fingerprint density at radius 1 is 0.733 bits per heavy atom. The van der Waals surface area contributed by atoms with E-state index in [9.17, 15) is 24.0 Å². The van der Waals surface area contributed by atoms with Crippen molar-refractivity contribution in [2.75, 3.05) is 13.7 Å². The summed E-state index contributed by atoms with van der Waals surface area (Å²) < 4.78 is 4.73. The predicted molar refractivity (Wildman–Crippen MR) is 174 cm³/mol. The number of benzene rings is 3. The SMILES string of the molecule is CCOC(=O)CCC(=O)c1ccc(Cl)cc1.CO.O=C(O)CCC(=O)c1ccc(Cl)cc1.O=C1CCC(c2ccc(Cl)cc2)N1. The standard InChI is InChI=1S/C12H13ClO3.C10H10ClNO.C10H9ClO3.CH4O/c1-2-16-12(15)8-7-11(14)9-3-5-10(13)6-4-9;11-8-3-1-7(2-4-8)9-5-6-10(13)12-9;11-8-3-1-7(2-4-8)9(12)5-6-10(13)14;1-2/h3-6H,2,7-8H2,1H3;1-4,9H,5-6H2,(H,12,13);1-4H,5-6H2,(H,13,14);2H,1H3. The maximum Gasteiger partial charge on any atom is 0.306 e. The molecule has 3 aromatic carbocycles. The number of aliphatic hydroxyl groups excluding tert-OH is 1. The summed E-state index contributed by atoms with van der Waals surface area (Å²) >= 11 is 17.1. The average Bonchev–Trinajstić information content (AvgIpc) is 3.47. The number of carbonyl (C=O) groups is 5. The second-order valence-electron chi connectivity index (χ2n) is 9.27. The Labute approximate surface area is 277 Å². The Hall–Kier alpha value is -3.76. The number of aliphatic hydroxyl groups is 1. The molecule has 1 aliphatic rings. The number of rotatable bonds is 10. The van der Waals surface area contributed by atoms with Crippen molar-refractivity contribution in [3.63, 3.8) is 0 Å². The van der Waals surface area contributed by atoms with Gasteiger partial charge in [0, 0.05) is 52.6 Å². The number of ketones is 2. The van der Waals surface area contributed by atoms with Crippen LogP contribution in [0.5, 0.6) is 0 Å². The second-order valence-corrected chi connectivity index (χ2v) is 10.6. The number of aliphatic carboxylic acids is 1. The molecule has 0 spiro atoms. The van der Waals surface area contributed by atoms with E-state index in [1.165, 1.54) is 0 Å². The fraction of sp³-hybridized carbons (Fsp3) is 0.303. The minimum Gasteiger partial charge on any atom is -0.481 e. The summed E-state index contributed by atoms with van der Waals surface area (Å²) in [6.07, 6.45) is 1.70. The Bertz CT molecular complexity index is 1380. The third-order valence-electron chi connectivity index (χ3n) is 6.03. The minimum atomic E-state index is -0.965. The molecule has 1 aliphatic heterocycles. The summed E-state index contributed by atoms with van der Waals surface area (Å²) in [6, 6.07) is 20.8. The van der Waals surface area contributed by atoms with E-state index in [0.717, 1.165) is 24.1 Å². The zero-order valence-electron chi connectivity index (χ0n) is 24.9. The van der Waals surface area contributed by atoms with E-state index in [4.69, 9.17) is 49.8 Å². The Morgan fingerprint density at radius 3 is 1.53 bits per heavy atom. The van der Waals surface area contributed by atoms with E-state index in [2.05, 4.69) is 5.32 Å². The molecule has 242 valence electrons. The molecule has 1 saturated heterocycles. The number of esters is 1. The molecule has 1 amide bonds. The molecule has 1 fully saturated rings. The zero-order valence-corrected chi connectivity index (χ0v) is 27.2. The lowest BCUT2D eigenvalue weighted by Crippen LogP contribution is -2.18. The number of carboxylic acids is 1. The lowest BCUT2D eigenvalue weighted by molar-refractivity contribution is -0.143. The number of ether oxygens (including phenoxy) is 1. The van der Waals surface area contributed by atoms with E-state index < -0.39 is 5.97 Å². The van der Waals surface area contributed by atoms with Gasteiger partial charge in [0.15, 0.2) is 11.6 Å². The van der Waals surface area contributed by atoms with Crippen molar-refractivity contribution in [2.45, 2.75) is 51.5 Å². The molecule has 1 unspecified atom stereocenters. The van der Waals surface area contributed by atoms with E-state index in [1.54, 1.807) is 55.5 Å². The molecule has 3 aromatic rings. The first-order chi connectivity index (χ1) is 21.5. The van der Waals surface area contributed by atoms with Crippen molar-refractivity contribution in [3.8, 4) is 0 Å². The van der Waals surface area contributed by atoms with Gasteiger partial charge in [-0.25, -0.2) is 0 Å². The van der Waals surface area contributed by atoms with Crippen LogP contribution in [0.4, 0.5) is 0 Å². The summed E-state index contributed by atoms with van der Waals surface area (Å²) in [7, 11) is 1.00. The summed E-state index contributed by atoms with van der Waals surface area (Å²) in [5.74, 6) is -1.43. The van der Waals surface area contributed by atoms with Crippen LogP contribution in [0, 0.1) is 0 Å². The van der Waals surface area contributed by atoms with Gasteiger partial charge in [-0.2, -0.15) is 0 Å². The zero-order chi connectivity index (χ0) is 33.8. The maximum absolute atomic E-state index is 11.6. The van der Waals surface area contributed by atoms with Crippen LogP contribution in [0.2, 0.25) is 15.1 Å². The largest absolute Gasteiger partial charge is 0.481 e. The average molecular weight is 681 g/mol. The summed E-state index contributed by atoms with van der Waals surface area (Å²) in [4.78, 5) is 55.2. The Kier molecular flexibility index (Phi) is 19.1. The lowest BCUT2D eigenvalue weighted by Gasteiger charge is -2.09. The van der Waals surface area contributed by atoms with Crippen LogP contribution in [0.15, 0.2) is 72.8 Å². The van der Waals surface area contributed by atoms with Crippen molar-refractivity contribution in [1.29, 1.82) is 0 Å². The topological polar surface area (TPSA) is 147 Å². The first kappa shape index (κ1) is 39.3. The van der Waals surface area contributed by atoms with Crippen molar-refractivity contribution in [3.05, 3.63) is 105 Å². The highest BCUT2D eigenvalue weighted by Crippen LogP contribution is 2.24. The smallest absolute Gasteiger partial charge is 0.306 e. The summed E-state index contributed by atoms with van der Waals surface area (Å²) in [5, 5.41) is 20.2. The molecule has 0 aromatic heterocycles. The minimum absolute atomic E-state index is 0.0248. The normalized spacial score (nSPS) is 12.9. The molecule has 0 bridgehead atoms. The van der Waals surface area contributed by atoms with Crippen molar-refractivity contribution in [1.82, 2.24) is 5.32 Å². The highest BCUT2D eigenvalue weighted by Gasteiger charge is 2.21. The fourth-order valence-corrected chi connectivity index (χ4v) is 4.17. The third-order valence-corrected chi connectivity index (χ3v) is 6.78. The van der Waals surface area contributed by atoms with Crippen molar-refractivity contribution >= 4 is 64.2 Å². The van der Waals surface area contributed by atoms with Gasteiger partial charge in [0.05, 0.1) is 25.5 Å². The van der Waals surface area contributed by atoms with Crippen LogP contribution < -0.4 is 5.32 Å². The molecule has 4 rings (SSSR count). The number of nitrogens with one attached hydrogen (secondary N) is 1. The Balaban J connectivity index is 0.000000329. The molecule has 45 heavy (non-hydrogen) atoms. The monoisotopic (exact) mass is 679 g/mol. The number of halogens is 3. The van der Waals surface area contributed by atoms with Crippen LogP contribution in [-0.4, -0.2) is 53.3 Å². The van der Waals surface area contributed by atoms with Crippen LogP contribution in [0.1, 0.15) is 77.8 Å². The molecule has 1 atom stereocenters. The number of carboxylic acid groups (broad SMARTS) is 1. The van der Waals surface area contributed by atoms with Gasteiger partial charge in [-0.3, -0.25) is 24.0 Å². The number of Topliss-reactive ketones (excluding diaryl/α,β-unsaturated/α-hetero) is 2. The van der Waals surface area contributed by atoms with Crippen molar-refractivity contribution < 1.29 is 38.9 Å². The molecule has 0 saturated carbocycles. The van der Waals surface area contributed by atoms with E-state index in [1.807, 2.05) is 24.3 Å². The van der Waals surface area contributed by atoms with Crippen LogP contribution in [0.25, 0.3) is 0 Å². The highest BCUT2D eigenvalue weighted by atomic mass is 35.5. The number of amides is 1. The molecule has 1 heterocycles. The molecule has 0 radical (unpaired) electrons. The number of hydrogen-bond acceptors (Lipinski definition) is 7. The molecule has 9 nitrogen and oxygen atoms in total. The van der Waals surface area contributed by atoms with Gasteiger partial charge in [-0.15, -0.1) is 0 Å². The lowest BCUT2D eigenvalue weighted by atomic mass is 10.1. The van der Waals surface area contributed by atoms with Gasteiger partial charge in [0.1, 0.15) is 0 Å². The van der Waals surface area contributed by atoms with Gasteiger partial charge in [0.25, 0.3) is 0 Å². The second kappa shape index (κ2) is 21.9. The van der Waals surface area contributed by atoms with Gasteiger partial charge < -0.3 is 20.3 Å². The fourth-order valence-electron chi connectivity index (χ4n) is 3.79. The van der Waals surface area contributed by atoms with E-state index in [-0.39, 0.29) is 55.2 Å². The van der Waals surface area contributed by atoms with Gasteiger partial charge in [0.2, 0.25) is 5.91 Å². The van der Waals surface area contributed by atoms with Gasteiger partial charge >= 0.3 is 11.9 Å².